The number of halogens is 2. The van der Waals surface area contributed by atoms with Crippen LogP contribution in [0.4, 0.5) is 0 Å². The van der Waals surface area contributed by atoms with Crippen molar-refractivity contribution in [2.24, 2.45) is 11.3 Å². The molecular weight excluding hydrogens is 279 g/mol. The molecule has 2 atom stereocenters. The maximum absolute atomic E-state index is 6.55. The summed E-state index contributed by atoms with van der Waals surface area (Å²) in [5.74, 6) is 1.37. The van der Waals surface area contributed by atoms with Crippen molar-refractivity contribution >= 4 is 23.2 Å². The number of methoxy groups -OCH3 is 1. The van der Waals surface area contributed by atoms with Crippen LogP contribution in [-0.4, -0.2) is 7.11 Å². The highest BCUT2D eigenvalue weighted by Crippen LogP contribution is 2.38. The van der Waals surface area contributed by atoms with Gasteiger partial charge in [0.2, 0.25) is 0 Å². The van der Waals surface area contributed by atoms with E-state index in [2.05, 4.69) is 27.7 Å². The van der Waals surface area contributed by atoms with Crippen LogP contribution in [0.3, 0.4) is 0 Å². The van der Waals surface area contributed by atoms with Crippen LogP contribution in [0.1, 0.15) is 51.5 Å². The third kappa shape index (κ3) is 5.62. The van der Waals surface area contributed by atoms with Crippen LogP contribution < -0.4 is 4.74 Å². The van der Waals surface area contributed by atoms with Crippen molar-refractivity contribution in [1.82, 2.24) is 0 Å². The molecule has 0 aliphatic rings. The summed E-state index contributed by atoms with van der Waals surface area (Å²) >= 11 is 12.6. The predicted octanol–water partition coefficient (Wildman–Crippen LogP) is 6.09. The third-order valence-corrected chi connectivity index (χ3v) is 3.75. The molecule has 0 N–H and O–H groups in total. The van der Waals surface area contributed by atoms with Crippen LogP contribution in [0.25, 0.3) is 0 Å². The topological polar surface area (TPSA) is 9.23 Å². The van der Waals surface area contributed by atoms with Crippen molar-refractivity contribution < 1.29 is 4.74 Å². The number of alkyl halides is 1. The summed E-state index contributed by atoms with van der Waals surface area (Å²) in [4.78, 5) is 0. The maximum atomic E-state index is 6.55. The molecule has 19 heavy (non-hydrogen) atoms. The monoisotopic (exact) mass is 302 g/mol. The van der Waals surface area contributed by atoms with E-state index < -0.39 is 0 Å². The average molecular weight is 303 g/mol. The molecule has 0 saturated heterocycles. The van der Waals surface area contributed by atoms with Gasteiger partial charge in [-0.15, -0.1) is 11.6 Å². The van der Waals surface area contributed by atoms with Crippen molar-refractivity contribution in [3.8, 4) is 5.75 Å². The number of hydrogen-bond acceptors (Lipinski definition) is 1. The number of hydrogen-bond donors (Lipinski definition) is 0. The van der Waals surface area contributed by atoms with Crippen molar-refractivity contribution in [2.75, 3.05) is 7.11 Å². The molecule has 1 nitrogen and oxygen atoms in total. The van der Waals surface area contributed by atoms with E-state index in [4.69, 9.17) is 27.9 Å². The summed E-state index contributed by atoms with van der Waals surface area (Å²) in [5.41, 5.74) is 1.31. The molecule has 0 bridgehead atoms. The molecule has 2 unspecified atom stereocenters. The van der Waals surface area contributed by atoms with Gasteiger partial charge in [0.15, 0.2) is 0 Å². The first kappa shape index (κ1) is 16.7. The molecule has 0 heterocycles. The van der Waals surface area contributed by atoms with E-state index in [0.29, 0.717) is 16.4 Å². The molecule has 1 aromatic carbocycles. The molecule has 0 spiro atoms. The lowest BCUT2D eigenvalue weighted by atomic mass is 9.83. The molecule has 0 aliphatic carbocycles. The SMILES string of the molecule is COc1ccc(Cl)cc1C(Cl)CC(C)CC(C)(C)C. The molecule has 0 amide bonds. The second-order valence-electron chi connectivity index (χ2n) is 6.46. The van der Waals surface area contributed by atoms with Gasteiger partial charge in [0, 0.05) is 10.6 Å². The Morgan fingerprint density at radius 1 is 1.26 bits per heavy atom. The summed E-state index contributed by atoms with van der Waals surface area (Å²) in [6.45, 7) is 9.02. The molecule has 0 saturated carbocycles. The zero-order valence-corrected chi connectivity index (χ0v) is 14.0. The van der Waals surface area contributed by atoms with E-state index in [-0.39, 0.29) is 5.38 Å². The third-order valence-electron chi connectivity index (χ3n) is 3.10. The van der Waals surface area contributed by atoms with Crippen molar-refractivity contribution in [2.45, 2.75) is 45.9 Å². The first-order valence-electron chi connectivity index (χ1n) is 6.70. The van der Waals surface area contributed by atoms with Crippen LogP contribution >= 0.6 is 23.2 Å². The highest BCUT2D eigenvalue weighted by Gasteiger charge is 2.21. The quantitative estimate of drug-likeness (QED) is 0.598. The minimum absolute atomic E-state index is 0.0639. The lowest BCUT2D eigenvalue weighted by Gasteiger charge is -2.25. The van der Waals surface area contributed by atoms with Gasteiger partial charge < -0.3 is 4.74 Å². The van der Waals surface area contributed by atoms with E-state index in [1.807, 2.05) is 18.2 Å². The zero-order chi connectivity index (χ0) is 14.6. The molecular formula is C16H24Cl2O. The number of rotatable bonds is 5. The summed E-state index contributed by atoms with van der Waals surface area (Å²) in [6.07, 6.45) is 2.08. The first-order chi connectivity index (χ1) is 8.73. The van der Waals surface area contributed by atoms with Gasteiger partial charge in [-0.05, 0) is 42.4 Å². The lowest BCUT2D eigenvalue weighted by Crippen LogP contribution is -2.12. The molecule has 0 aliphatic heterocycles. The highest BCUT2D eigenvalue weighted by atomic mass is 35.5. The highest BCUT2D eigenvalue weighted by molar-refractivity contribution is 6.31. The Balaban J connectivity index is 2.77. The minimum atomic E-state index is -0.0639. The standard InChI is InChI=1S/C16H24Cl2O/c1-11(10-16(2,3)4)8-14(18)13-9-12(17)6-7-15(13)19-5/h6-7,9,11,14H,8,10H2,1-5H3. The van der Waals surface area contributed by atoms with Crippen molar-refractivity contribution in [3.63, 3.8) is 0 Å². The molecule has 108 valence electrons. The largest absolute Gasteiger partial charge is 0.496 e. The van der Waals surface area contributed by atoms with Gasteiger partial charge in [-0.1, -0.05) is 39.3 Å². The maximum Gasteiger partial charge on any atom is 0.123 e. The summed E-state index contributed by atoms with van der Waals surface area (Å²) in [6, 6.07) is 5.61. The average Bonchev–Trinajstić information content (AvgIpc) is 2.26. The van der Waals surface area contributed by atoms with Gasteiger partial charge >= 0.3 is 0 Å². The van der Waals surface area contributed by atoms with E-state index >= 15 is 0 Å². The summed E-state index contributed by atoms with van der Waals surface area (Å²) < 4.78 is 5.36. The van der Waals surface area contributed by atoms with E-state index in [1.54, 1.807) is 7.11 Å². The second-order valence-corrected chi connectivity index (χ2v) is 7.42. The van der Waals surface area contributed by atoms with Gasteiger partial charge in [0.25, 0.3) is 0 Å². The van der Waals surface area contributed by atoms with Gasteiger partial charge in [-0.2, -0.15) is 0 Å². The Bertz CT molecular complexity index is 410. The van der Waals surface area contributed by atoms with Crippen LogP contribution in [0.5, 0.6) is 5.75 Å². The first-order valence-corrected chi connectivity index (χ1v) is 7.52. The Hall–Kier alpha value is -0.400. The van der Waals surface area contributed by atoms with Crippen molar-refractivity contribution in [1.29, 1.82) is 0 Å². The summed E-state index contributed by atoms with van der Waals surface area (Å²) in [5, 5.41) is 0.635. The lowest BCUT2D eigenvalue weighted by molar-refractivity contribution is 0.294. The van der Waals surface area contributed by atoms with Gasteiger partial charge in [0.1, 0.15) is 5.75 Å². The number of ether oxygens (including phenoxy) is 1. The fraction of sp³-hybridized carbons (Fsp3) is 0.625. The van der Waals surface area contributed by atoms with E-state index in [9.17, 15) is 0 Å². The Morgan fingerprint density at radius 2 is 1.89 bits per heavy atom. The Labute approximate surface area is 127 Å². The van der Waals surface area contributed by atoms with Gasteiger partial charge in [-0.3, -0.25) is 0 Å². The normalized spacial score (nSPS) is 15.1. The summed E-state index contributed by atoms with van der Waals surface area (Å²) in [7, 11) is 1.66. The van der Waals surface area contributed by atoms with Gasteiger partial charge in [0.05, 0.1) is 12.5 Å². The number of benzene rings is 1. The zero-order valence-electron chi connectivity index (χ0n) is 12.5. The Kier molecular flexibility index (Phi) is 6.01. The Morgan fingerprint density at radius 3 is 2.42 bits per heavy atom. The van der Waals surface area contributed by atoms with Crippen LogP contribution in [0, 0.1) is 11.3 Å². The molecule has 3 heteroatoms. The van der Waals surface area contributed by atoms with Crippen LogP contribution in [0.2, 0.25) is 5.02 Å². The van der Waals surface area contributed by atoms with Crippen molar-refractivity contribution in [3.05, 3.63) is 28.8 Å². The fourth-order valence-corrected chi connectivity index (χ4v) is 3.21. The smallest absolute Gasteiger partial charge is 0.123 e. The van der Waals surface area contributed by atoms with E-state index in [0.717, 1.165) is 24.2 Å². The van der Waals surface area contributed by atoms with Gasteiger partial charge in [-0.25, -0.2) is 0 Å². The molecule has 0 radical (unpaired) electrons. The van der Waals surface area contributed by atoms with Crippen LogP contribution in [0.15, 0.2) is 18.2 Å². The second kappa shape index (κ2) is 6.85. The molecule has 1 rings (SSSR count). The predicted molar refractivity (Wildman–Crippen MR) is 84.5 cm³/mol. The van der Waals surface area contributed by atoms with Crippen LogP contribution in [-0.2, 0) is 0 Å². The van der Waals surface area contributed by atoms with E-state index in [1.165, 1.54) is 0 Å². The molecule has 0 fully saturated rings. The molecule has 0 aromatic heterocycles. The molecule has 1 aromatic rings. The minimum Gasteiger partial charge on any atom is -0.496 e. The fourth-order valence-electron chi connectivity index (χ4n) is 2.56.